The molecule has 2 aromatic heterocycles. The molecule has 0 amide bonds. The molecule has 0 spiro atoms. The summed E-state index contributed by atoms with van der Waals surface area (Å²) in [6, 6.07) is 1.22. The largest absolute Gasteiger partial charge is 0.367 e. The Balaban J connectivity index is 1.90. The molecule has 2 aromatic rings. The van der Waals surface area contributed by atoms with Gasteiger partial charge in [0.2, 0.25) is 0 Å². The first kappa shape index (κ1) is 11.8. The second-order valence-corrected chi connectivity index (χ2v) is 3.93. The first-order valence-corrected chi connectivity index (χ1v) is 5.42. The van der Waals surface area contributed by atoms with Gasteiger partial charge in [0.1, 0.15) is 6.33 Å². The van der Waals surface area contributed by atoms with Crippen LogP contribution in [0.25, 0.3) is 0 Å². The monoisotopic (exact) mass is 255 g/mol. The van der Waals surface area contributed by atoms with Crippen LogP contribution in [0.3, 0.4) is 0 Å². The van der Waals surface area contributed by atoms with E-state index in [1.807, 2.05) is 0 Å². The summed E-state index contributed by atoms with van der Waals surface area (Å²) < 4.78 is 15.0. The molecular formula is C10H11ClFN5. The lowest BCUT2D eigenvalue weighted by Gasteiger charge is -2.04. The second-order valence-electron chi connectivity index (χ2n) is 3.50. The molecule has 5 nitrogen and oxygen atoms in total. The molecule has 0 saturated carbocycles. The van der Waals surface area contributed by atoms with Crippen molar-refractivity contribution in [2.75, 3.05) is 11.9 Å². The maximum absolute atomic E-state index is 13.3. The van der Waals surface area contributed by atoms with Crippen LogP contribution in [0.5, 0.6) is 0 Å². The first-order valence-electron chi connectivity index (χ1n) is 5.04. The summed E-state index contributed by atoms with van der Waals surface area (Å²) in [7, 11) is 1.80. The fraction of sp³-hybridized carbons (Fsp3) is 0.300. The normalized spacial score (nSPS) is 10.5. The number of pyridine rings is 1. The van der Waals surface area contributed by atoms with Gasteiger partial charge >= 0.3 is 0 Å². The van der Waals surface area contributed by atoms with Gasteiger partial charge < -0.3 is 5.32 Å². The predicted molar refractivity (Wildman–Crippen MR) is 62.4 cm³/mol. The van der Waals surface area contributed by atoms with Crippen molar-refractivity contribution < 1.29 is 4.39 Å². The third-order valence-corrected chi connectivity index (χ3v) is 2.30. The number of rotatable bonds is 4. The van der Waals surface area contributed by atoms with Crippen molar-refractivity contribution in [3.05, 3.63) is 35.3 Å². The third kappa shape index (κ3) is 3.13. The molecule has 0 unspecified atom stereocenters. The van der Waals surface area contributed by atoms with E-state index in [4.69, 9.17) is 11.6 Å². The van der Waals surface area contributed by atoms with Crippen molar-refractivity contribution in [1.29, 1.82) is 0 Å². The molecule has 2 heterocycles. The molecule has 0 bridgehead atoms. The van der Waals surface area contributed by atoms with E-state index in [0.29, 0.717) is 18.8 Å². The number of hydrogen-bond acceptors (Lipinski definition) is 4. The number of aryl methyl sites for hydroxylation is 1. The molecule has 1 N–H and O–H groups in total. The lowest BCUT2D eigenvalue weighted by atomic mass is 10.4. The highest BCUT2D eigenvalue weighted by molar-refractivity contribution is 6.30. The molecule has 0 saturated heterocycles. The Kier molecular flexibility index (Phi) is 3.53. The molecule has 0 fully saturated rings. The van der Waals surface area contributed by atoms with Crippen LogP contribution in [0, 0.1) is 5.82 Å². The zero-order valence-corrected chi connectivity index (χ0v) is 9.95. The number of hydrogen-bond donors (Lipinski definition) is 1. The smallest absolute Gasteiger partial charge is 0.166 e. The standard InChI is InChI=1S/C10H11ClFN5/c1-17-6-15-9(16-17)2-3-13-10-8(12)4-7(11)5-14-10/h4-6H,2-3H2,1H3,(H,13,14). The maximum atomic E-state index is 13.3. The average Bonchev–Trinajstić information content (AvgIpc) is 2.68. The minimum atomic E-state index is -0.466. The molecule has 0 atom stereocenters. The van der Waals surface area contributed by atoms with Crippen LogP contribution in [-0.2, 0) is 13.5 Å². The number of halogens is 2. The van der Waals surface area contributed by atoms with Crippen LogP contribution in [0.15, 0.2) is 18.6 Å². The van der Waals surface area contributed by atoms with Crippen LogP contribution in [0.1, 0.15) is 5.82 Å². The van der Waals surface area contributed by atoms with E-state index in [0.717, 1.165) is 0 Å². The van der Waals surface area contributed by atoms with Gasteiger partial charge in [-0.3, -0.25) is 4.68 Å². The van der Waals surface area contributed by atoms with E-state index < -0.39 is 5.82 Å². The van der Waals surface area contributed by atoms with Gasteiger partial charge in [0.15, 0.2) is 17.5 Å². The van der Waals surface area contributed by atoms with E-state index in [-0.39, 0.29) is 10.8 Å². The van der Waals surface area contributed by atoms with Crippen molar-refractivity contribution in [3.8, 4) is 0 Å². The molecule has 0 aliphatic carbocycles. The van der Waals surface area contributed by atoms with Crippen molar-refractivity contribution in [3.63, 3.8) is 0 Å². The van der Waals surface area contributed by atoms with Gasteiger partial charge in [0.25, 0.3) is 0 Å². The fourth-order valence-corrected chi connectivity index (χ4v) is 1.48. The summed E-state index contributed by atoms with van der Waals surface area (Å²) in [6.07, 6.45) is 3.62. The van der Waals surface area contributed by atoms with Crippen LogP contribution in [-0.4, -0.2) is 26.3 Å². The highest BCUT2D eigenvalue weighted by Gasteiger charge is 2.04. The molecule has 90 valence electrons. The zero-order valence-electron chi connectivity index (χ0n) is 9.19. The van der Waals surface area contributed by atoms with Crippen LogP contribution in [0.4, 0.5) is 10.2 Å². The quantitative estimate of drug-likeness (QED) is 0.903. The summed E-state index contributed by atoms with van der Waals surface area (Å²) in [6.45, 7) is 0.509. The first-order chi connectivity index (χ1) is 8.15. The molecule has 0 aromatic carbocycles. The van der Waals surface area contributed by atoms with Crippen LogP contribution in [0.2, 0.25) is 5.02 Å². The molecule has 0 radical (unpaired) electrons. The number of nitrogens with one attached hydrogen (secondary N) is 1. The Morgan fingerprint density at radius 1 is 1.47 bits per heavy atom. The van der Waals surface area contributed by atoms with Gasteiger partial charge in [-0.05, 0) is 6.07 Å². The minimum absolute atomic E-state index is 0.185. The lowest BCUT2D eigenvalue weighted by Crippen LogP contribution is -2.09. The fourth-order valence-electron chi connectivity index (χ4n) is 1.34. The maximum Gasteiger partial charge on any atom is 0.166 e. The Morgan fingerprint density at radius 2 is 2.29 bits per heavy atom. The second kappa shape index (κ2) is 5.09. The van der Waals surface area contributed by atoms with Crippen molar-refractivity contribution in [1.82, 2.24) is 19.7 Å². The van der Waals surface area contributed by atoms with Crippen LogP contribution < -0.4 is 5.32 Å². The van der Waals surface area contributed by atoms with Crippen molar-refractivity contribution in [2.24, 2.45) is 7.05 Å². The van der Waals surface area contributed by atoms with Gasteiger partial charge in [-0.2, -0.15) is 5.10 Å². The number of anilines is 1. The SMILES string of the molecule is Cn1cnc(CCNc2ncc(Cl)cc2F)n1. The summed E-state index contributed by atoms with van der Waals surface area (Å²) in [4.78, 5) is 7.91. The Bertz CT molecular complexity index is 513. The van der Waals surface area contributed by atoms with Crippen molar-refractivity contribution >= 4 is 17.4 Å². The predicted octanol–water partition coefficient (Wildman–Crippen LogP) is 1.66. The van der Waals surface area contributed by atoms with E-state index in [1.165, 1.54) is 12.3 Å². The van der Waals surface area contributed by atoms with Gasteiger partial charge in [0, 0.05) is 26.2 Å². The summed E-state index contributed by atoms with van der Waals surface area (Å²) in [5.41, 5.74) is 0. The third-order valence-electron chi connectivity index (χ3n) is 2.10. The highest BCUT2D eigenvalue weighted by Crippen LogP contribution is 2.15. The van der Waals surface area contributed by atoms with E-state index in [2.05, 4.69) is 20.4 Å². The summed E-state index contributed by atoms with van der Waals surface area (Å²) >= 11 is 5.60. The van der Waals surface area contributed by atoms with E-state index >= 15 is 0 Å². The van der Waals surface area contributed by atoms with Crippen LogP contribution >= 0.6 is 11.6 Å². The summed E-state index contributed by atoms with van der Waals surface area (Å²) in [5.74, 6) is 0.422. The van der Waals surface area contributed by atoms with Gasteiger partial charge in [-0.25, -0.2) is 14.4 Å². The summed E-state index contributed by atoms with van der Waals surface area (Å²) in [5, 5.41) is 7.25. The Morgan fingerprint density at radius 3 is 2.94 bits per heavy atom. The highest BCUT2D eigenvalue weighted by atomic mass is 35.5. The lowest BCUT2D eigenvalue weighted by molar-refractivity contribution is 0.624. The molecular weight excluding hydrogens is 245 g/mol. The zero-order chi connectivity index (χ0) is 12.3. The van der Waals surface area contributed by atoms with Gasteiger partial charge in [-0.15, -0.1) is 0 Å². The van der Waals surface area contributed by atoms with E-state index in [1.54, 1.807) is 18.1 Å². The van der Waals surface area contributed by atoms with Crippen molar-refractivity contribution in [2.45, 2.75) is 6.42 Å². The average molecular weight is 256 g/mol. The Hall–Kier alpha value is -1.69. The Labute approximate surface area is 103 Å². The van der Waals surface area contributed by atoms with Gasteiger partial charge in [-0.1, -0.05) is 11.6 Å². The topological polar surface area (TPSA) is 55.6 Å². The molecule has 2 rings (SSSR count). The number of nitrogens with zero attached hydrogens (tertiary/aromatic N) is 4. The molecule has 0 aliphatic heterocycles. The molecule has 0 aliphatic rings. The molecule has 17 heavy (non-hydrogen) atoms. The van der Waals surface area contributed by atoms with E-state index in [9.17, 15) is 4.39 Å². The van der Waals surface area contributed by atoms with Gasteiger partial charge in [0.05, 0.1) is 5.02 Å². The number of aromatic nitrogens is 4. The minimum Gasteiger partial charge on any atom is -0.367 e. The molecule has 7 heteroatoms.